The van der Waals surface area contributed by atoms with E-state index in [9.17, 15) is 9.59 Å². The van der Waals surface area contributed by atoms with Gasteiger partial charge in [-0.3, -0.25) is 9.59 Å². The lowest BCUT2D eigenvalue weighted by Gasteiger charge is -2.18. The Balaban J connectivity index is 1.49. The Morgan fingerprint density at radius 1 is 0.906 bits per heavy atom. The van der Waals surface area contributed by atoms with E-state index >= 15 is 0 Å². The quantitative estimate of drug-likeness (QED) is 0.638. The Hall–Kier alpha value is -3.80. The number of nitrogens with zero attached hydrogens (tertiary/aromatic N) is 1. The van der Waals surface area contributed by atoms with E-state index in [0.717, 1.165) is 28.8 Å². The van der Waals surface area contributed by atoms with E-state index in [4.69, 9.17) is 9.47 Å². The van der Waals surface area contributed by atoms with Crippen LogP contribution in [-0.2, 0) is 13.0 Å². The molecule has 6 heteroatoms. The second-order valence-electron chi connectivity index (χ2n) is 7.82. The maximum Gasteiger partial charge on any atom is 0.258 e. The molecule has 0 spiro atoms. The molecule has 0 radical (unpaired) electrons. The van der Waals surface area contributed by atoms with Crippen LogP contribution in [-0.4, -0.2) is 32.6 Å². The van der Waals surface area contributed by atoms with E-state index in [0.29, 0.717) is 35.7 Å². The van der Waals surface area contributed by atoms with E-state index in [-0.39, 0.29) is 11.8 Å². The maximum atomic E-state index is 13.0. The largest absolute Gasteiger partial charge is 0.497 e. The Morgan fingerprint density at radius 2 is 1.59 bits per heavy atom. The van der Waals surface area contributed by atoms with Gasteiger partial charge in [-0.2, -0.15) is 0 Å². The van der Waals surface area contributed by atoms with Gasteiger partial charge in [0.15, 0.2) is 0 Å². The van der Waals surface area contributed by atoms with Crippen LogP contribution in [0.25, 0.3) is 0 Å². The number of carbonyl (C=O) groups is 2. The van der Waals surface area contributed by atoms with Crippen LogP contribution in [0, 0.1) is 6.92 Å². The molecule has 32 heavy (non-hydrogen) atoms. The van der Waals surface area contributed by atoms with Crippen molar-refractivity contribution in [3.63, 3.8) is 0 Å². The molecule has 0 saturated carbocycles. The number of hydrogen-bond donors (Lipinski definition) is 1. The predicted molar refractivity (Wildman–Crippen MR) is 124 cm³/mol. The van der Waals surface area contributed by atoms with Crippen molar-refractivity contribution in [2.75, 3.05) is 25.7 Å². The van der Waals surface area contributed by atoms with Gasteiger partial charge < -0.3 is 19.7 Å². The molecule has 1 N–H and O–H groups in total. The van der Waals surface area contributed by atoms with Gasteiger partial charge in [0.2, 0.25) is 0 Å². The summed E-state index contributed by atoms with van der Waals surface area (Å²) in [5.74, 6) is 0.873. The number of benzene rings is 3. The minimum Gasteiger partial charge on any atom is -0.497 e. The second kappa shape index (κ2) is 9.14. The van der Waals surface area contributed by atoms with Gasteiger partial charge in [-0.15, -0.1) is 0 Å². The van der Waals surface area contributed by atoms with Gasteiger partial charge in [0.25, 0.3) is 11.8 Å². The normalized spacial score (nSPS) is 12.3. The molecule has 1 heterocycles. The summed E-state index contributed by atoms with van der Waals surface area (Å²) in [4.78, 5) is 27.5. The first kappa shape index (κ1) is 21.4. The summed E-state index contributed by atoms with van der Waals surface area (Å²) in [5.41, 5.74) is 5.22. The average molecular weight is 431 g/mol. The van der Waals surface area contributed by atoms with Crippen molar-refractivity contribution >= 4 is 17.5 Å². The van der Waals surface area contributed by atoms with Crippen molar-refractivity contribution in [1.82, 2.24) is 5.32 Å². The van der Waals surface area contributed by atoms with Crippen LogP contribution < -0.4 is 19.7 Å². The van der Waals surface area contributed by atoms with Crippen molar-refractivity contribution < 1.29 is 19.1 Å². The van der Waals surface area contributed by atoms with E-state index in [1.165, 1.54) is 0 Å². The third-order valence-corrected chi connectivity index (χ3v) is 5.66. The number of methoxy groups -OCH3 is 2. The average Bonchev–Trinajstić information content (AvgIpc) is 3.25. The minimum absolute atomic E-state index is 0.00610. The van der Waals surface area contributed by atoms with E-state index in [1.54, 1.807) is 32.4 Å². The summed E-state index contributed by atoms with van der Waals surface area (Å²) in [7, 11) is 3.09. The van der Waals surface area contributed by atoms with E-state index < -0.39 is 0 Å². The molecule has 1 aliphatic rings. The zero-order valence-electron chi connectivity index (χ0n) is 18.5. The first-order valence-electron chi connectivity index (χ1n) is 10.5. The summed E-state index contributed by atoms with van der Waals surface area (Å²) in [6, 6.07) is 18.7. The highest BCUT2D eigenvalue weighted by Crippen LogP contribution is 2.30. The van der Waals surface area contributed by atoms with Gasteiger partial charge in [0.05, 0.1) is 14.2 Å². The lowest BCUT2D eigenvalue weighted by atomic mass is 10.1. The third-order valence-electron chi connectivity index (χ3n) is 5.66. The van der Waals surface area contributed by atoms with Crippen LogP contribution in [0.4, 0.5) is 5.69 Å². The molecule has 0 bridgehead atoms. The molecule has 3 aromatic carbocycles. The SMILES string of the molecule is COc1cc(OC)cc(C(=O)NCc2ccc3c(c2)N(C(=O)c2ccc(C)cc2)CC3)c1. The Morgan fingerprint density at radius 3 is 2.25 bits per heavy atom. The highest BCUT2D eigenvalue weighted by molar-refractivity contribution is 6.07. The molecule has 0 atom stereocenters. The highest BCUT2D eigenvalue weighted by atomic mass is 16.5. The molecule has 0 aliphatic carbocycles. The second-order valence-corrected chi connectivity index (χ2v) is 7.82. The molecule has 2 amide bonds. The van der Waals surface area contributed by atoms with E-state index in [2.05, 4.69) is 5.32 Å². The molecular formula is C26H26N2O4. The summed E-state index contributed by atoms with van der Waals surface area (Å²) < 4.78 is 10.5. The van der Waals surface area contributed by atoms with Gasteiger partial charge in [0, 0.05) is 36.0 Å². The number of ether oxygens (including phenoxy) is 2. The fourth-order valence-corrected chi connectivity index (χ4v) is 3.82. The van der Waals surface area contributed by atoms with Crippen molar-refractivity contribution in [3.8, 4) is 11.5 Å². The Kier molecular flexibility index (Phi) is 6.12. The van der Waals surface area contributed by atoms with Gasteiger partial charge in [-0.25, -0.2) is 0 Å². The standard InChI is InChI=1S/C26H26N2O4/c1-17-4-7-20(8-5-17)26(30)28-11-10-19-9-6-18(12-24(19)28)16-27-25(29)21-13-22(31-2)15-23(14-21)32-3/h4-9,12-15H,10-11,16H2,1-3H3,(H,27,29). The smallest absolute Gasteiger partial charge is 0.258 e. The molecule has 3 aromatic rings. The fourth-order valence-electron chi connectivity index (χ4n) is 3.82. The monoisotopic (exact) mass is 430 g/mol. The van der Waals surface area contributed by atoms with Crippen LogP contribution >= 0.6 is 0 Å². The number of nitrogens with one attached hydrogen (secondary N) is 1. The lowest BCUT2D eigenvalue weighted by molar-refractivity contribution is 0.0948. The molecule has 0 fully saturated rings. The van der Waals surface area contributed by atoms with Crippen molar-refractivity contribution in [3.05, 3.63) is 88.5 Å². The van der Waals surface area contributed by atoms with Crippen molar-refractivity contribution in [2.24, 2.45) is 0 Å². The molecule has 164 valence electrons. The fraction of sp³-hybridized carbons (Fsp3) is 0.231. The van der Waals surface area contributed by atoms with Crippen LogP contribution in [0.5, 0.6) is 11.5 Å². The zero-order valence-corrected chi connectivity index (χ0v) is 18.5. The number of fused-ring (bicyclic) bond motifs is 1. The van der Waals surface area contributed by atoms with Gasteiger partial charge in [-0.05, 0) is 54.8 Å². The predicted octanol–water partition coefficient (Wildman–Crippen LogP) is 4.15. The van der Waals surface area contributed by atoms with Gasteiger partial charge in [0.1, 0.15) is 11.5 Å². The number of hydrogen-bond acceptors (Lipinski definition) is 4. The maximum absolute atomic E-state index is 13.0. The lowest BCUT2D eigenvalue weighted by Crippen LogP contribution is -2.29. The van der Waals surface area contributed by atoms with Gasteiger partial charge in [-0.1, -0.05) is 29.8 Å². The van der Waals surface area contributed by atoms with Crippen LogP contribution in [0.1, 0.15) is 37.4 Å². The Bertz CT molecular complexity index is 1130. The van der Waals surface area contributed by atoms with Crippen LogP contribution in [0.15, 0.2) is 60.7 Å². The minimum atomic E-state index is -0.227. The van der Waals surface area contributed by atoms with E-state index in [1.807, 2.05) is 54.3 Å². The zero-order chi connectivity index (χ0) is 22.7. The summed E-state index contributed by atoms with van der Waals surface area (Å²) in [6.07, 6.45) is 0.823. The molecule has 0 aromatic heterocycles. The number of aryl methyl sites for hydroxylation is 1. The highest BCUT2D eigenvalue weighted by Gasteiger charge is 2.25. The van der Waals surface area contributed by atoms with Crippen LogP contribution in [0.2, 0.25) is 0 Å². The topological polar surface area (TPSA) is 67.9 Å². The van der Waals surface area contributed by atoms with Crippen LogP contribution in [0.3, 0.4) is 0 Å². The molecule has 6 nitrogen and oxygen atoms in total. The number of anilines is 1. The molecule has 1 aliphatic heterocycles. The molecular weight excluding hydrogens is 404 g/mol. The van der Waals surface area contributed by atoms with Gasteiger partial charge >= 0.3 is 0 Å². The number of amides is 2. The Labute approximate surface area is 187 Å². The summed E-state index contributed by atoms with van der Waals surface area (Å²) in [6.45, 7) is 3.00. The van der Waals surface area contributed by atoms with Crippen molar-refractivity contribution in [2.45, 2.75) is 19.9 Å². The first-order chi connectivity index (χ1) is 15.5. The molecule has 0 saturated heterocycles. The number of carbonyl (C=O) groups excluding carboxylic acids is 2. The summed E-state index contributed by atoms with van der Waals surface area (Å²) in [5, 5.41) is 2.94. The van der Waals surface area contributed by atoms with Crippen molar-refractivity contribution in [1.29, 1.82) is 0 Å². The summed E-state index contributed by atoms with van der Waals surface area (Å²) >= 11 is 0. The third kappa shape index (κ3) is 4.44. The first-order valence-corrected chi connectivity index (χ1v) is 10.5. The molecule has 4 rings (SSSR count). The number of rotatable bonds is 6. The molecule has 0 unspecified atom stereocenters.